The zero-order chi connectivity index (χ0) is 43.8. The molecule has 5 rings (SSSR count). The first kappa shape index (κ1) is 44.9. The molecule has 2 amide bonds. The van der Waals surface area contributed by atoms with Crippen LogP contribution in [0.25, 0.3) is 6.08 Å². The van der Waals surface area contributed by atoms with Crippen LogP contribution in [-0.4, -0.2) is 103 Å². The van der Waals surface area contributed by atoms with Crippen LogP contribution in [0.5, 0.6) is 5.75 Å². The van der Waals surface area contributed by atoms with E-state index in [1.807, 2.05) is 41.3 Å². The second kappa shape index (κ2) is 19.2. The number of hydrogen-bond acceptors (Lipinski definition) is 16. The smallest absolute Gasteiger partial charge is 0.407 e. The molecule has 0 saturated carbocycles. The van der Waals surface area contributed by atoms with E-state index in [2.05, 4.69) is 24.5 Å². The topological polar surface area (TPSA) is 237 Å². The normalized spacial score (nSPS) is 23.2. The largest absolute Gasteiger partial charge is 0.463 e. The maximum atomic E-state index is 13.1. The minimum atomic E-state index is -1.42. The number of anilines is 1. The van der Waals surface area contributed by atoms with Gasteiger partial charge in [0.15, 0.2) is 24.5 Å². The third kappa shape index (κ3) is 10.3. The van der Waals surface area contributed by atoms with Crippen molar-refractivity contribution < 1.29 is 66.8 Å². The summed E-state index contributed by atoms with van der Waals surface area (Å²) >= 11 is 0. The SMILES string of the molecule is CC(=O)OC[C@H]1O[C@@H](NC(=O)CCCCCNC(=O)OCCN2c3ccccc3C(C)(C)C23C=Cc2cc([N+](=O)[O-])ccc2O3)[C@H](OC(C)=O)[C@@H](OC(C)=O)[C@@H]1OC(C)=O. The van der Waals surface area contributed by atoms with Crippen molar-refractivity contribution in [2.24, 2.45) is 0 Å². The average molecular weight is 839 g/mol. The molecule has 3 heterocycles. The fourth-order valence-electron chi connectivity index (χ4n) is 7.63. The number of amides is 2. The van der Waals surface area contributed by atoms with Crippen LogP contribution >= 0.6 is 0 Å². The number of carbonyl (C=O) groups is 6. The fraction of sp³-hybridized carbons (Fsp3) is 0.512. The van der Waals surface area contributed by atoms with Gasteiger partial charge >= 0.3 is 30.0 Å². The Bertz CT molecular complexity index is 2000. The Balaban J connectivity index is 1.11. The van der Waals surface area contributed by atoms with Crippen LogP contribution in [0.4, 0.5) is 16.2 Å². The highest BCUT2D eigenvalue weighted by atomic mass is 16.7. The van der Waals surface area contributed by atoms with Gasteiger partial charge in [-0.05, 0) is 56.5 Å². The Hall–Kier alpha value is -6.24. The summed E-state index contributed by atoms with van der Waals surface area (Å²) in [5, 5.41) is 16.7. The lowest BCUT2D eigenvalue weighted by Crippen LogP contribution is -2.66. The second-order valence-corrected chi connectivity index (χ2v) is 15.0. The lowest BCUT2D eigenvalue weighted by Gasteiger charge is -2.47. The number of fused-ring (bicyclic) bond motifs is 2. The van der Waals surface area contributed by atoms with Crippen molar-refractivity contribution >= 4 is 53.3 Å². The molecule has 0 bridgehead atoms. The molecule has 6 atom stereocenters. The van der Waals surface area contributed by atoms with Crippen LogP contribution in [0.3, 0.4) is 0 Å². The molecule has 60 heavy (non-hydrogen) atoms. The third-order valence-electron chi connectivity index (χ3n) is 10.3. The number of hydrogen-bond donors (Lipinski definition) is 2. The number of esters is 4. The number of ether oxygens (including phenoxy) is 7. The maximum Gasteiger partial charge on any atom is 0.407 e. The summed E-state index contributed by atoms with van der Waals surface area (Å²) in [5.41, 5.74) is 0.881. The van der Waals surface area contributed by atoms with Gasteiger partial charge in [0.05, 0.1) is 16.9 Å². The molecule has 0 aromatic heterocycles. The zero-order valence-corrected chi connectivity index (χ0v) is 34.3. The van der Waals surface area contributed by atoms with E-state index in [1.54, 1.807) is 6.07 Å². The molecule has 2 N–H and O–H groups in total. The van der Waals surface area contributed by atoms with Crippen molar-refractivity contribution in [3.63, 3.8) is 0 Å². The Morgan fingerprint density at radius 2 is 1.53 bits per heavy atom. The van der Waals surface area contributed by atoms with E-state index in [9.17, 15) is 38.9 Å². The van der Waals surface area contributed by atoms with Gasteiger partial charge in [-0.2, -0.15) is 0 Å². The van der Waals surface area contributed by atoms with Gasteiger partial charge in [-0.25, -0.2) is 4.79 Å². The highest BCUT2D eigenvalue weighted by Crippen LogP contribution is 2.55. The molecule has 19 heteroatoms. The van der Waals surface area contributed by atoms with Gasteiger partial charge < -0.3 is 48.7 Å². The van der Waals surface area contributed by atoms with Crippen LogP contribution < -0.4 is 20.3 Å². The molecule has 0 radical (unpaired) electrons. The molecule has 2 aromatic rings. The zero-order valence-electron chi connectivity index (χ0n) is 34.3. The number of nitro groups is 1. The van der Waals surface area contributed by atoms with E-state index in [-0.39, 0.29) is 31.8 Å². The molecule has 1 unspecified atom stereocenters. The standard InChI is InChI=1S/C41H50N4O15/c1-24(46)55-23-33-35(56-25(2)47)36(57-26(3)48)37(58-27(4)49)38(59-33)43-34(50)14-8-7-11-19-42-39(51)54-21-20-44-31-13-10-9-12-30(31)40(5,6)41(44)18-17-28-22-29(45(52)53)15-16-32(28)60-41/h9-10,12-13,15-18,22,33,35-38H,7-8,11,14,19-21,23H2,1-6H3,(H,42,51)(H,43,50)/t33-,35-,36+,37-,38-,41?/m1/s1. The summed E-state index contributed by atoms with van der Waals surface area (Å²) in [7, 11) is 0. The summed E-state index contributed by atoms with van der Waals surface area (Å²) in [6, 6.07) is 12.3. The van der Waals surface area contributed by atoms with Crippen LogP contribution in [0.2, 0.25) is 0 Å². The first-order valence-electron chi connectivity index (χ1n) is 19.5. The number of nitrogens with one attached hydrogen (secondary N) is 2. The van der Waals surface area contributed by atoms with Crippen LogP contribution in [0, 0.1) is 10.1 Å². The second-order valence-electron chi connectivity index (χ2n) is 15.0. The number of non-ortho nitro benzene ring substituents is 1. The molecule has 0 aliphatic carbocycles. The summed E-state index contributed by atoms with van der Waals surface area (Å²) in [6.07, 6.45) is -2.24. The molecular weight excluding hydrogens is 788 g/mol. The Morgan fingerprint density at radius 1 is 0.850 bits per heavy atom. The first-order valence-corrected chi connectivity index (χ1v) is 19.5. The summed E-state index contributed by atoms with van der Waals surface area (Å²) in [5.74, 6) is -3.04. The van der Waals surface area contributed by atoms with Crippen molar-refractivity contribution in [3.05, 3.63) is 69.8 Å². The monoisotopic (exact) mass is 838 g/mol. The number of benzene rings is 2. The van der Waals surface area contributed by atoms with Gasteiger partial charge in [0.1, 0.15) is 25.1 Å². The van der Waals surface area contributed by atoms with Crippen LogP contribution in [-0.2, 0) is 57.8 Å². The van der Waals surface area contributed by atoms with E-state index in [0.717, 1.165) is 38.9 Å². The van der Waals surface area contributed by atoms with Gasteiger partial charge in [-0.1, -0.05) is 24.6 Å². The van der Waals surface area contributed by atoms with Crippen LogP contribution in [0.15, 0.2) is 48.5 Å². The Labute approximate surface area is 346 Å². The predicted octanol–water partition coefficient (Wildman–Crippen LogP) is 3.98. The lowest BCUT2D eigenvalue weighted by molar-refractivity contribution is -0.384. The van der Waals surface area contributed by atoms with E-state index in [1.165, 1.54) is 12.1 Å². The van der Waals surface area contributed by atoms with E-state index < -0.39 is 89.2 Å². The highest BCUT2D eigenvalue weighted by Gasteiger charge is 2.59. The number of nitrogens with zero attached hydrogens (tertiary/aromatic N) is 2. The van der Waals surface area contributed by atoms with Gasteiger partial charge in [0.25, 0.3) is 5.69 Å². The summed E-state index contributed by atoms with van der Waals surface area (Å²) in [6.45, 7) is 8.70. The first-order chi connectivity index (χ1) is 28.4. The molecule has 3 aliphatic heterocycles. The third-order valence-corrected chi connectivity index (χ3v) is 10.3. The number of alkyl carbamates (subject to hydrolysis) is 1. The summed E-state index contributed by atoms with van der Waals surface area (Å²) in [4.78, 5) is 86.3. The van der Waals surface area contributed by atoms with Gasteiger partial charge in [-0.15, -0.1) is 0 Å². The number of para-hydroxylation sites is 1. The molecule has 1 saturated heterocycles. The predicted molar refractivity (Wildman–Crippen MR) is 210 cm³/mol. The van der Waals surface area contributed by atoms with Gasteiger partial charge in [0.2, 0.25) is 11.6 Å². The Morgan fingerprint density at radius 3 is 2.22 bits per heavy atom. The summed E-state index contributed by atoms with van der Waals surface area (Å²) < 4.78 is 39.3. The van der Waals surface area contributed by atoms with Crippen molar-refractivity contribution in [2.75, 3.05) is 31.2 Å². The van der Waals surface area contributed by atoms with Crippen molar-refractivity contribution in [1.82, 2.24) is 10.6 Å². The van der Waals surface area contributed by atoms with E-state index >= 15 is 0 Å². The molecule has 324 valence electrons. The molecule has 2 aromatic carbocycles. The molecule has 1 spiro atoms. The molecular formula is C41H50N4O15. The molecule has 3 aliphatic rings. The minimum absolute atomic E-state index is 0.00457. The molecule has 1 fully saturated rings. The quantitative estimate of drug-likeness (QED) is 0.0799. The Kier molecular flexibility index (Phi) is 14.4. The van der Waals surface area contributed by atoms with Gasteiger partial charge in [-0.3, -0.25) is 34.1 Å². The number of rotatable bonds is 16. The highest BCUT2D eigenvalue weighted by molar-refractivity contribution is 5.76. The maximum absolute atomic E-state index is 13.1. The number of unbranched alkanes of at least 4 members (excludes halogenated alkanes) is 2. The average Bonchev–Trinajstić information content (AvgIpc) is 3.35. The lowest BCUT2D eigenvalue weighted by atomic mass is 9.76. The van der Waals surface area contributed by atoms with Crippen LogP contribution in [0.1, 0.15) is 78.4 Å². The van der Waals surface area contributed by atoms with Crippen molar-refractivity contribution in [3.8, 4) is 5.75 Å². The van der Waals surface area contributed by atoms with E-state index in [0.29, 0.717) is 30.6 Å². The van der Waals surface area contributed by atoms with Gasteiger partial charge in [0, 0.05) is 64.0 Å². The minimum Gasteiger partial charge on any atom is -0.463 e. The van der Waals surface area contributed by atoms with Crippen molar-refractivity contribution in [1.29, 1.82) is 0 Å². The molecule has 19 nitrogen and oxygen atoms in total. The van der Waals surface area contributed by atoms with E-state index in [4.69, 9.17) is 33.2 Å². The fourth-order valence-corrected chi connectivity index (χ4v) is 7.63. The van der Waals surface area contributed by atoms with Crippen molar-refractivity contribution in [2.45, 2.75) is 109 Å². The number of carbonyl (C=O) groups excluding carboxylic acids is 6. The number of nitro benzene ring substituents is 1.